The molecule has 0 amide bonds. The lowest BCUT2D eigenvalue weighted by atomic mass is 10.3. The summed E-state index contributed by atoms with van der Waals surface area (Å²) in [5.41, 5.74) is 0.522. The molecule has 0 aliphatic rings. The molecule has 0 aromatic carbocycles. The highest BCUT2D eigenvalue weighted by atomic mass is 32.1. The lowest BCUT2D eigenvalue weighted by Gasteiger charge is -2.32. The van der Waals surface area contributed by atoms with Gasteiger partial charge in [-0.2, -0.15) is 12.6 Å². The van der Waals surface area contributed by atoms with E-state index in [0.29, 0.717) is 5.54 Å². The molecule has 0 saturated carbocycles. The first-order chi connectivity index (χ1) is 9.10. The van der Waals surface area contributed by atoms with Gasteiger partial charge < -0.3 is 8.85 Å². The maximum absolute atomic E-state index is 6.21. The molecule has 0 aliphatic carbocycles. The smallest absolute Gasteiger partial charge is 0.337 e. The Balaban J connectivity index is 4.18. The summed E-state index contributed by atoms with van der Waals surface area (Å²) in [4.78, 5) is 0. The summed E-state index contributed by atoms with van der Waals surface area (Å²) < 4.78 is 12.4. The van der Waals surface area contributed by atoms with Crippen LogP contribution in [0, 0.1) is 0 Å². The second kappa shape index (κ2) is 12.2. The fourth-order valence-corrected chi connectivity index (χ4v) is 5.09. The predicted molar refractivity (Wildman–Crippen MR) is 90.5 cm³/mol. The second-order valence-corrected chi connectivity index (χ2v) is 9.58. The Morgan fingerprint density at radius 3 is 1.79 bits per heavy atom. The van der Waals surface area contributed by atoms with Gasteiger partial charge in [0.25, 0.3) is 0 Å². The van der Waals surface area contributed by atoms with Gasteiger partial charge in [0.15, 0.2) is 0 Å². The monoisotopic (exact) mass is 306 g/mol. The summed E-state index contributed by atoms with van der Waals surface area (Å²) >= 11 is 4.35. The molecule has 0 aliphatic heterocycles. The molecule has 0 fully saturated rings. The van der Waals surface area contributed by atoms with Crippen LogP contribution in [-0.4, -0.2) is 27.5 Å². The van der Waals surface area contributed by atoms with Gasteiger partial charge in [0.05, 0.1) is 0 Å². The van der Waals surface area contributed by atoms with Crippen molar-refractivity contribution in [3.8, 4) is 0 Å². The Kier molecular flexibility index (Phi) is 12.6. The quantitative estimate of drug-likeness (QED) is 0.287. The lowest BCUT2D eigenvalue weighted by molar-refractivity contribution is 0.159. The summed E-state index contributed by atoms with van der Waals surface area (Å²) in [5.74, 6) is 0.917. The third-order valence-corrected chi connectivity index (χ3v) is 7.62. The molecule has 116 valence electrons. The molecule has 4 heteroatoms. The van der Waals surface area contributed by atoms with E-state index in [1.165, 1.54) is 25.7 Å². The van der Waals surface area contributed by atoms with Crippen LogP contribution in [0.25, 0.3) is 0 Å². The van der Waals surface area contributed by atoms with Crippen LogP contribution in [0.5, 0.6) is 0 Å². The molecule has 0 heterocycles. The van der Waals surface area contributed by atoms with Gasteiger partial charge in [-0.05, 0) is 31.6 Å². The normalized spacial score (nSPS) is 13.7. The van der Waals surface area contributed by atoms with Crippen molar-refractivity contribution in [1.82, 2.24) is 0 Å². The van der Waals surface area contributed by atoms with Gasteiger partial charge in [-0.15, -0.1) is 0 Å². The first-order valence-electron chi connectivity index (χ1n) is 7.99. The van der Waals surface area contributed by atoms with E-state index < -0.39 is 8.56 Å². The molecule has 0 spiro atoms. The molecular formula is C15H34O2SSi. The fourth-order valence-electron chi connectivity index (χ4n) is 2.04. The van der Waals surface area contributed by atoms with Crippen molar-refractivity contribution in [2.75, 3.05) is 19.0 Å². The first-order valence-corrected chi connectivity index (χ1v) is 11.0. The van der Waals surface area contributed by atoms with Crippen molar-refractivity contribution in [1.29, 1.82) is 0 Å². The fraction of sp³-hybridized carbons (Fsp3) is 1.00. The van der Waals surface area contributed by atoms with Gasteiger partial charge in [-0.3, -0.25) is 0 Å². The zero-order chi connectivity index (χ0) is 14.6. The standard InChI is InChI=1S/C15H34O2SSi/c1-5-7-9-12-16-19(4,15(3)11-14-18)17-13-10-8-6-2/h15,18H,5-14H2,1-4H3. The number of hydrogen-bond donors (Lipinski definition) is 1. The van der Waals surface area contributed by atoms with E-state index in [9.17, 15) is 0 Å². The minimum Gasteiger partial charge on any atom is -0.394 e. The summed E-state index contributed by atoms with van der Waals surface area (Å²) in [5, 5.41) is 0. The van der Waals surface area contributed by atoms with Crippen molar-refractivity contribution in [2.24, 2.45) is 0 Å². The van der Waals surface area contributed by atoms with Crippen LogP contribution in [-0.2, 0) is 8.85 Å². The van der Waals surface area contributed by atoms with Crippen molar-refractivity contribution in [3.63, 3.8) is 0 Å². The Morgan fingerprint density at radius 2 is 1.42 bits per heavy atom. The molecule has 0 bridgehead atoms. The van der Waals surface area contributed by atoms with Crippen molar-refractivity contribution in [2.45, 2.75) is 77.8 Å². The van der Waals surface area contributed by atoms with Gasteiger partial charge >= 0.3 is 8.56 Å². The molecule has 0 rings (SSSR count). The maximum Gasteiger partial charge on any atom is 0.337 e. The third-order valence-electron chi connectivity index (χ3n) is 3.73. The number of thiol groups is 1. The van der Waals surface area contributed by atoms with Crippen LogP contribution in [0.2, 0.25) is 12.1 Å². The van der Waals surface area contributed by atoms with E-state index in [4.69, 9.17) is 8.85 Å². The Bertz CT molecular complexity index is 191. The highest BCUT2D eigenvalue weighted by Gasteiger charge is 2.37. The largest absolute Gasteiger partial charge is 0.394 e. The molecule has 0 aromatic rings. The summed E-state index contributed by atoms with van der Waals surface area (Å²) in [6.07, 6.45) is 8.39. The van der Waals surface area contributed by atoms with Crippen LogP contribution < -0.4 is 0 Å². The van der Waals surface area contributed by atoms with Crippen LogP contribution in [0.15, 0.2) is 0 Å². The zero-order valence-electron chi connectivity index (χ0n) is 13.4. The maximum atomic E-state index is 6.21. The van der Waals surface area contributed by atoms with Crippen LogP contribution in [0.1, 0.15) is 65.7 Å². The van der Waals surface area contributed by atoms with E-state index >= 15 is 0 Å². The molecule has 0 radical (unpaired) electrons. The van der Waals surface area contributed by atoms with Crippen LogP contribution in [0.3, 0.4) is 0 Å². The second-order valence-electron chi connectivity index (χ2n) is 5.54. The third kappa shape index (κ3) is 9.11. The van der Waals surface area contributed by atoms with Crippen molar-refractivity contribution >= 4 is 21.2 Å². The number of unbranched alkanes of at least 4 members (excludes halogenated alkanes) is 4. The molecule has 2 nitrogen and oxygen atoms in total. The molecule has 19 heavy (non-hydrogen) atoms. The topological polar surface area (TPSA) is 18.5 Å². The van der Waals surface area contributed by atoms with E-state index in [1.54, 1.807) is 0 Å². The minimum atomic E-state index is -2.02. The molecule has 1 atom stereocenters. The van der Waals surface area contributed by atoms with Crippen LogP contribution in [0.4, 0.5) is 0 Å². The van der Waals surface area contributed by atoms with Gasteiger partial charge in [0.2, 0.25) is 0 Å². The van der Waals surface area contributed by atoms with E-state index in [2.05, 4.69) is 39.9 Å². The summed E-state index contributed by atoms with van der Waals surface area (Å²) in [6.45, 7) is 10.7. The zero-order valence-corrected chi connectivity index (χ0v) is 15.3. The SMILES string of the molecule is CCCCCO[Si](C)(OCCCCC)C(C)CCS. The Morgan fingerprint density at radius 1 is 0.947 bits per heavy atom. The Hall–Kier alpha value is 0.487. The first kappa shape index (κ1) is 19.5. The molecule has 0 saturated heterocycles. The van der Waals surface area contributed by atoms with Gasteiger partial charge in [-0.1, -0.05) is 46.5 Å². The van der Waals surface area contributed by atoms with Crippen molar-refractivity contribution < 1.29 is 8.85 Å². The highest BCUT2D eigenvalue weighted by molar-refractivity contribution is 7.80. The lowest BCUT2D eigenvalue weighted by Crippen LogP contribution is -2.43. The van der Waals surface area contributed by atoms with E-state index in [1.807, 2.05) is 0 Å². The predicted octanol–water partition coefficient (Wildman–Crippen LogP) is 5.18. The molecule has 1 unspecified atom stereocenters. The average Bonchev–Trinajstić information content (AvgIpc) is 2.40. The number of hydrogen-bond acceptors (Lipinski definition) is 3. The van der Waals surface area contributed by atoms with E-state index in [0.717, 1.165) is 38.2 Å². The summed E-state index contributed by atoms with van der Waals surface area (Å²) in [7, 11) is -2.02. The molecular weight excluding hydrogens is 272 g/mol. The Labute approximate surface area is 127 Å². The van der Waals surface area contributed by atoms with Gasteiger partial charge in [0.1, 0.15) is 0 Å². The van der Waals surface area contributed by atoms with Gasteiger partial charge in [0, 0.05) is 18.8 Å². The minimum absolute atomic E-state index is 0.522. The number of rotatable bonds is 13. The molecule has 0 aromatic heterocycles. The summed E-state index contributed by atoms with van der Waals surface area (Å²) in [6, 6.07) is 0. The average molecular weight is 307 g/mol. The van der Waals surface area contributed by atoms with E-state index in [-0.39, 0.29) is 0 Å². The highest BCUT2D eigenvalue weighted by Crippen LogP contribution is 2.28. The molecule has 0 N–H and O–H groups in total. The van der Waals surface area contributed by atoms with Crippen LogP contribution >= 0.6 is 12.6 Å². The van der Waals surface area contributed by atoms with Gasteiger partial charge in [-0.25, -0.2) is 0 Å². The van der Waals surface area contributed by atoms with Crippen molar-refractivity contribution in [3.05, 3.63) is 0 Å².